The van der Waals surface area contributed by atoms with Crippen LogP contribution in [-0.2, 0) is 0 Å². The minimum absolute atomic E-state index is 0.226. The molecule has 3 aromatic carbocycles. The van der Waals surface area contributed by atoms with Gasteiger partial charge in [0.15, 0.2) is 0 Å². The molecule has 1 atom stereocenters. The van der Waals surface area contributed by atoms with Crippen LogP contribution in [0.15, 0.2) is 72.8 Å². The second-order valence-corrected chi connectivity index (χ2v) is 7.65. The number of anilines is 1. The molecule has 0 saturated carbocycles. The van der Waals surface area contributed by atoms with Crippen molar-refractivity contribution in [3.8, 4) is 22.8 Å². The number of aromatic amines is 1. The highest BCUT2D eigenvalue weighted by atomic mass is 19.1. The Balaban J connectivity index is 1.65. The van der Waals surface area contributed by atoms with Crippen LogP contribution in [0.5, 0.6) is 11.5 Å². The highest BCUT2D eigenvalue weighted by Gasteiger charge is 2.43. The maximum absolute atomic E-state index is 14.2. The minimum Gasteiger partial charge on any atom is -0.497 e. The van der Waals surface area contributed by atoms with E-state index < -0.39 is 6.04 Å². The van der Waals surface area contributed by atoms with Crippen LogP contribution in [0.1, 0.15) is 34.6 Å². The van der Waals surface area contributed by atoms with E-state index in [1.54, 1.807) is 18.1 Å². The normalized spacial score (nSPS) is 14.9. The first-order chi connectivity index (χ1) is 16.1. The minimum atomic E-state index is -0.544. The zero-order chi connectivity index (χ0) is 22.9. The van der Waals surface area contributed by atoms with Crippen molar-refractivity contribution in [1.82, 2.24) is 10.2 Å². The van der Waals surface area contributed by atoms with Gasteiger partial charge >= 0.3 is 0 Å². The molecule has 33 heavy (non-hydrogen) atoms. The van der Waals surface area contributed by atoms with Crippen molar-refractivity contribution in [2.75, 3.05) is 18.6 Å². The number of hydrogen-bond acceptors (Lipinski definition) is 4. The number of methoxy groups -OCH3 is 1. The summed E-state index contributed by atoms with van der Waals surface area (Å²) in [7, 11) is 1.61. The number of carbonyl (C=O) groups is 1. The van der Waals surface area contributed by atoms with Crippen LogP contribution in [0, 0.1) is 5.82 Å². The van der Waals surface area contributed by atoms with Gasteiger partial charge in [0.05, 0.1) is 25.5 Å². The number of fused-ring (bicyclic) bond motifs is 1. The van der Waals surface area contributed by atoms with E-state index in [1.807, 2.05) is 61.5 Å². The number of nitrogens with zero attached hydrogens (tertiary/aromatic N) is 2. The second-order valence-electron chi connectivity index (χ2n) is 7.65. The van der Waals surface area contributed by atoms with Crippen molar-refractivity contribution in [2.45, 2.75) is 13.0 Å². The number of halogens is 1. The summed E-state index contributed by atoms with van der Waals surface area (Å²) >= 11 is 0. The molecule has 0 saturated heterocycles. The van der Waals surface area contributed by atoms with Crippen LogP contribution in [0.3, 0.4) is 0 Å². The summed E-state index contributed by atoms with van der Waals surface area (Å²) in [5.41, 5.74) is 3.92. The van der Waals surface area contributed by atoms with Gasteiger partial charge < -0.3 is 9.47 Å². The molecule has 4 aromatic rings. The van der Waals surface area contributed by atoms with E-state index in [2.05, 4.69) is 10.2 Å². The highest BCUT2D eigenvalue weighted by molar-refractivity contribution is 6.11. The van der Waals surface area contributed by atoms with Crippen molar-refractivity contribution in [3.63, 3.8) is 0 Å². The lowest BCUT2D eigenvalue weighted by Crippen LogP contribution is -2.29. The van der Waals surface area contributed by atoms with Crippen molar-refractivity contribution >= 4 is 11.6 Å². The number of hydrogen-bond donors (Lipinski definition) is 1. The number of rotatable bonds is 6. The van der Waals surface area contributed by atoms with Crippen molar-refractivity contribution in [2.24, 2.45) is 0 Å². The lowest BCUT2D eigenvalue weighted by Gasteiger charge is -2.26. The summed E-state index contributed by atoms with van der Waals surface area (Å²) in [6, 6.07) is 20.6. The number of benzene rings is 3. The fraction of sp³-hybridized carbons (Fsp3) is 0.154. The molecule has 5 rings (SSSR count). The lowest BCUT2D eigenvalue weighted by molar-refractivity contribution is 0.0988. The molecule has 1 aliphatic heterocycles. The monoisotopic (exact) mass is 443 g/mol. The van der Waals surface area contributed by atoms with Gasteiger partial charge in [0.2, 0.25) is 0 Å². The fourth-order valence-electron chi connectivity index (χ4n) is 4.24. The Kier molecular flexibility index (Phi) is 5.30. The molecular formula is C26H22FN3O3. The maximum atomic E-state index is 14.2. The van der Waals surface area contributed by atoms with E-state index >= 15 is 0 Å². The molecule has 0 bridgehead atoms. The molecule has 1 aliphatic rings. The first-order valence-electron chi connectivity index (χ1n) is 10.6. The second kappa shape index (κ2) is 8.43. The zero-order valence-corrected chi connectivity index (χ0v) is 18.2. The van der Waals surface area contributed by atoms with Gasteiger partial charge in [-0.05, 0) is 73.2 Å². The number of ether oxygens (including phenoxy) is 2. The number of nitrogens with one attached hydrogen (secondary N) is 1. The summed E-state index contributed by atoms with van der Waals surface area (Å²) < 4.78 is 25.0. The first-order valence-corrected chi connectivity index (χ1v) is 10.6. The van der Waals surface area contributed by atoms with Gasteiger partial charge in [-0.2, -0.15) is 5.10 Å². The Hall–Kier alpha value is -4.13. The van der Waals surface area contributed by atoms with Gasteiger partial charge in [0, 0.05) is 16.8 Å². The van der Waals surface area contributed by atoms with E-state index in [1.165, 1.54) is 12.1 Å². The van der Waals surface area contributed by atoms with Crippen LogP contribution in [0.2, 0.25) is 0 Å². The molecule has 0 spiro atoms. The van der Waals surface area contributed by atoms with Crippen molar-refractivity contribution in [3.05, 3.63) is 95.4 Å². The predicted octanol–water partition coefficient (Wildman–Crippen LogP) is 5.37. The third kappa shape index (κ3) is 3.61. The molecule has 166 valence electrons. The van der Waals surface area contributed by atoms with Crippen LogP contribution in [0.4, 0.5) is 10.1 Å². The molecule has 0 unspecified atom stereocenters. The molecule has 1 aromatic heterocycles. The topological polar surface area (TPSA) is 67.5 Å². The summed E-state index contributed by atoms with van der Waals surface area (Å²) in [6.45, 7) is 2.47. The smallest absolute Gasteiger partial charge is 0.277 e. The molecule has 0 fully saturated rings. The Morgan fingerprint density at radius 2 is 1.76 bits per heavy atom. The molecule has 0 radical (unpaired) electrons. The van der Waals surface area contributed by atoms with Crippen LogP contribution < -0.4 is 14.4 Å². The molecule has 1 amide bonds. The van der Waals surface area contributed by atoms with E-state index in [0.717, 1.165) is 11.3 Å². The molecular weight excluding hydrogens is 421 g/mol. The molecule has 7 heteroatoms. The largest absolute Gasteiger partial charge is 0.497 e. The first kappa shape index (κ1) is 20.8. The average molecular weight is 443 g/mol. The molecule has 2 heterocycles. The molecule has 1 N–H and O–H groups in total. The maximum Gasteiger partial charge on any atom is 0.277 e. The molecule has 0 aliphatic carbocycles. The zero-order valence-electron chi connectivity index (χ0n) is 18.2. The Morgan fingerprint density at radius 1 is 1.03 bits per heavy atom. The third-order valence-electron chi connectivity index (χ3n) is 5.72. The molecule has 6 nitrogen and oxygen atoms in total. The van der Waals surface area contributed by atoms with Gasteiger partial charge in [-0.25, -0.2) is 4.39 Å². The van der Waals surface area contributed by atoms with E-state index in [9.17, 15) is 9.18 Å². The Labute approximate surface area is 190 Å². The summed E-state index contributed by atoms with van der Waals surface area (Å²) in [5.74, 6) is 0.847. The van der Waals surface area contributed by atoms with E-state index in [4.69, 9.17) is 9.47 Å². The van der Waals surface area contributed by atoms with Gasteiger partial charge in [0.25, 0.3) is 5.91 Å². The predicted molar refractivity (Wildman–Crippen MR) is 123 cm³/mol. The van der Waals surface area contributed by atoms with Crippen molar-refractivity contribution < 1.29 is 18.7 Å². The van der Waals surface area contributed by atoms with Crippen LogP contribution in [0.25, 0.3) is 11.3 Å². The van der Waals surface area contributed by atoms with Gasteiger partial charge in [-0.3, -0.25) is 14.8 Å². The summed E-state index contributed by atoms with van der Waals surface area (Å²) in [5, 5.41) is 7.37. The van der Waals surface area contributed by atoms with E-state index in [0.29, 0.717) is 40.6 Å². The van der Waals surface area contributed by atoms with E-state index in [-0.39, 0.29) is 11.7 Å². The number of aromatic nitrogens is 2. The SMILES string of the molecule is CCOc1ccc(N2C(=O)c3[nH]nc(-c4ccc(OC)cc4)c3[C@H]2c2cccc(F)c2)cc1. The average Bonchev–Trinajstić information content (AvgIpc) is 3.39. The highest BCUT2D eigenvalue weighted by Crippen LogP contribution is 2.45. The van der Waals surface area contributed by atoms with Gasteiger partial charge in [-0.1, -0.05) is 12.1 Å². The Bertz CT molecular complexity index is 1300. The summed E-state index contributed by atoms with van der Waals surface area (Å²) in [4.78, 5) is 15.2. The number of carbonyl (C=O) groups excluding carboxylic acids is 1. The summed E-state index contributed by atoms with van der Waals surface area (Å²) in [6.07, 6.45) is 0. The van der Waals surface area contributed by atoms with Gasteiger partial charge in [-0.15, -0.1) is 0 Å². The lowest BCUT2D eigenvalue weighted by atomic mass is 9.95. The standard InChI is InChI=1S/C26H22FN3O3/c1-3-33-21-13-9-19(10-14-21)30-25(17-5-4-6-18(27)15-17)22-23(28-29-24(22)26(30)31)16-7-11-20(32-2)12-8-16/h4-15,25H,3H2,1-2H3,(H,28,29)/t25-/m1/s1. The number of amides is 1. The van der Waals surface area contributed by atoms with Crippen LogP contribution in [-0.4, -0.2) is 29.8 Å². The number of H-pyrrole nitrogens is 1. The Morgan fingerprint density at radius 3 is 2.42 bits per heavy atom. The third-order valence-corrected chi connectivity index (χ3v) is 5.72. The fourth-order valence-corrected chi connectivity index (χ4v) is 4.24. The quantitative estimate of drug-likeness (QED) is 0.435. The van der Waals surface area contributed by atoms with Crippen LogP contribution >= 0.6 is 0 Å². The van der Waals surface area contributed by atoms with Crippen molar-refractivity contribution in [1.29, 1.82) is 0 Å². The van der Waals surface area contributed by atoms with Gasteiger partial charge in [0.1, 0.15) is 23.0 Å².